The van der Waals surface area contributed by atoms with Gasteiger partial charge in [0.2, 0.25) is 0 Å². The quantitative estimate of drug-likeness (QED) is 0.664. The molecular weight excluding hydrogens is 296 g/mol. The van der Waals surface area contributed by atoms with E-state index < -0.39 is 0 Å². The molecule has 0 aliphatic rings. The SMILES string of the molecule is CC(=O)c1cccc(-c2ccc(NC(C)c3ccccc3)nc2)c1. The van der Waals surface area contributed by atoms with Crippen molar-refractivity contribution >= 4 is 11.6 Å². The van der Waals surface area contributed by atoms with Gasteiger partial charge < -0.3 is 5.32 Å². The highest BCUT2D eigenvalue weighted by Crippen LogP contribution is 2.23. The molecule has 0 amide bonds. The molecule has 1 heterocycles. The Morgan fingerprint density at radius 1 is 0.958 bits per heavy atom. The smallest absolute Gasteiger partial charge is 0.159 e. The number of hydrogen-bond donors (Lipinski definition) is 1. The van der Waals surface area contributed by atoms with Crippen molar-refractivity contribution in [2.45, 2.75) is 19.9 Å². The van der Waals surface area contributed by atoms with Crippen LogP contribution in [-0.4, -0.2) is 10.8 Å². The molecule has 0 spiro atoms. The number of Topliss-reactive ketones (excluding diaryl/α,β-unsaturated/α-hetero) is 1. The number of carbonyl (C=O) groups is 1. The number of aromatic nitrogens is 1. The number of benzene rings is 2. The molecule has 3 heteroatoms. The molecule has 3 nitrogen and oxygen atoms in total. The minimum Gasteiger partial charge on any atom is -0.364 e. The Morgan fingerprint density at radius 2 is 1.75 bits per heavy atom. The Bertz CT molecular complexity index is 826. The largest absolute Gasteiger partial charge is 0.364 e. The third-order valence-corrected chi connectivity index (χ3v) is 4.03. The van der Waals surface area contributed by atoms with Crippen molar-refractivity contribution in [2.24, 2.45) is 0 Å². The summed E-state index contributed by atoms with van der Waals surface area (Å²) >= 11 is 0. The van der Waals surface area contributed by atoms with Crippen molar-refractivity contribution in [3.05, 3.63) is 84.1 Å². The predicted octanol–water partition coefficient (Wildman–Crippen LogP) is 5.12. The van der Waals surface area contributed by atoms with Gasteiger partial charge in [-0.25, -0.2) is 4.98 Å². The topological polar surface area (TPSA) is 42.0 Å². The first-order chi connectivity index (χ1) is 11.6. The van der Waals surface area contributed by atoms with E-state index in [-0.39, 0.29) is 11.8 Å². The minimum absolute atomic E-state index is 0.0692. The highest BCUT2D eigenvalue weighted by Gasteiger charge is 2.07. The Balaban J connectivity index is 1.76. The molecule has 0 saturated heterocycles. The summed E-state index contributed by atoms with van der Waals surface area (Å²) in [6.45, 7) is 3.69. The van der Waals surface area contributed by atoms with Gasteiger partial charge in [0.05, 0.1) is 0 Å². The molecule has 0 radical (unpaired) electrons. The van der Waals surface area contributed by atoms with Gasteiger partial charge in [-0.2, -0.15) is 0 Å². The normalized spacial score (nSPS) is 11.8. The van der Waals surface area contributed by atoms with Crippen LogP contribution in [0.4, 0.5) is 5.82 Å². The van der Waals surface area contributed by atoms with Crippen LogP contribution in [0.2, 0.25) is 0 Å². The van der Waals surface area contributed by atoms with Gasteiger partial charge in [-0.15, -0.1) is 0 Å². The molecule has 0 aliphatic carbocycles. The maximum atomic E-state index is 11.5. The van der Waals surface area contributed by atoms with Crippen LogP contribution in [0.25, 0.3) is 11.1 Å². The fraction of sp³-hybridized carbons (Fsp3) is 0.143. The number of ketones is 1. The van der Waals surface area contributed by atoms with Crippen molar-refractivity contribution < 1.29 is 4.79 Å². The summed E-state index contributed by atoms with van der Waals surface area (Å²) < 4.78 is 0. The lowest BCUT2D eigenvalue weighted by Gasteiger charge is -2.15. The number of rotatable bonds is 5. The Kier molecular flexibility index (Phi) is 4.71. The molecule has 2 aromatic carbocycles. The van der Waals surface area contributed by atoms with E-state index in [1.807, 2.05) is 60.8 Å². The van der Waals surface area contributed by atoms with Crippen LogP contribution in [0.15, 0.2) is 72.9 Å². The summed E-state index contributed by atoms with van der Waals surface area (Å²) in [7, 11) is 0. The third kappa shape index (κ3) is 3.69. The molecule has 1 N–H and O–H groups in total. The van der Waals surface area contributed by atoms with Gasteiger partial charge in [0.15, 0.2) is 5.78 Å². The zero-order chi connectivity index (χ0) is 16.9. The van der Waals surface area contributed by atoms with E-state index in [1.54, 1.807) is 6.92 Å². The zero-order valence-corrected chi connectivity index (χ0v) is 13.9. The second-order valence-electron chi connectivity index (χ2n) is 5.85. The molecule has 1 aromatic heterocycles. The van der Waals surface area contributed by atoms with Gasteiger partial charge in [0.1, 0.15) is 5.82 Å². The van der Waals surface area contributed by atoms with Crippen molar-refractivity contribution in [1.82, 2.24) is 4.98 Å². The lowest BCUT2D eigenvalue weighted by molar-refractivity contribution is 0.101. The van der Waals surface area contributed by atoms with Gasteiger partial charge in [0.25, 0.3) is 0 Å². The number of nitrogens with one attached hydrogen (secondary N) is 1. The summed E-state index contributed by atoms with van der Waals surface area (Å²) in [5.41, 5.74) is 3.93. The van der Waals surface area contributed by atoms with E-state index in [0.717, 1.165) is 16.9 Å². The number of hydrogen-bond acceptors (Lipinski definition) is 3. The van der Waals surface area contributed by atoms with Crippen molar-refractivity contribution in [2.75, 3.05) is 5.32 Å². The molecule has 0 saturated carbocycles. The molecule has 1 atom stereocenters. The predicted molar refractivity (Wildman–Crippen MR) is 98.2 cm³/mol. The van der Waals surface area contributed by atoms with Crippen LogP contribution in [-0.2, 0) is 0 Å². The second-order valence-corrected chi connectivity index (χ2v) is 5.85. The molecule has 24 heavy (non-hydrogen) atoms. The van der Waals surface area contributed by atoms with Gasteiger partial charge in [0, 0.05) is 23.4 Å². The first kappa shape index (κ1) is 15.9. The summed E-state index contributed by atoms with van der Waals surface area (Å²) in [5.74, 6) is 0.901. The van der Waals surface area contributed by atoms with E-state index in [1.165, 1.54) is 5.56 Å². The molecule has 1 unspecified atom stereocenters. The summed E-state index contributed by atoms with van der Waals surface area (Å²) in [4.78, 5) is 16.0. The van der Waals surface area contributed by atoms with Gasteiger partial charge >= 0.3 is 0 Å². The van der Waals surface area contributed by atoms with Crippen LogP contribution >= 0.6 is 0 Å². The van der Waals surface area contributed by atoms with E-state index in [9.17, 15) is 4.79 Å². The summed E-state index contributed by atoms with van der Waals surface area (Å²) in [6.07, 6.45) is 1.83. The Morgan fingerprint density at radius 3 is 2.42 bits per heavy atom. The highest BCUT2D eigenvalue weighted by atomic mass is 16.1. The lowest BCUT2D eigenvalue weighted by Crippen LogP contribution is -2.07. The molecule has 3 aromatic rings. The van der Waals surface area contributed by atoms with E-state index >= 15 is 0 Å². The fourth-order valence-corrected chi connectivity index (χ4v) is 2.61. The molecule has 3 rings (SSSR count). The van der Waals surface area contributed by atoms with Gasteiger partial charge in [-0.3, -0.25) is 4.79 Å². The maximum Gasteiger partial charge on any atom is 0.159 e. The monoisotopic (exact) mass is 316 g/mol. The third-order valence-electron chi connectivity index (χ3n) is 4.03. The van der Waals surface area contributed by atoms with Gasteiger partial charge in [-0.05, 0) is 43.2 Å². The average molecular weight is 316 g/mol. The number of carbonyl (C=O) groups excluding carboxylic acids is 1. The van der Waals surface area contributed by atoms with Crippen LogP contribution in [0.3, 0.4) is 0 Å². The van der Waals surface area contributed by atoms with Crippen LogP contribution in [0.1, 0.15) is 35.8 Å². The first-order valence-electron chi connectivity index (χ1n) is 8.02. The minimum atomic E-state index is 0.0692. The molecule has 0 aliphatic heterocycles. The van der Waals surface area contributed by atoms with E-state index in [4.69, 9.17) is 0 Å². The first-order valence-corrected chi connectivity index (χ1v) is 8.02. The second kappa shape index (κ2) is 7.09. The fourth-order valence-electron chi connectivity index (χ4n) is 2.61. The molecular formula is C21H20N2O. The molecule has 0 fully saturated rings. The maximum absolute atomic E-state index is 11.5. The van der Waals surface area contributed by atoms with Crippen LogP contribution in [0.5, 0.6) is 0 Å². The highest BCUT2D eigenvalue weighted by molar-refractivity contribution is 5.95. The van der Waals surface area contributed by atoms with E-state index in [2.05, 4.69) is 29.4 Å². The van der Waals surface area contributed by atoms with Crippen LogP contribution < -0.4 is 5.32 Å². The number of pyridine rings is 1. The molecule has 0 bridgehead atoms. The molecule has 120 valence electrons. The van der Waals surface area contributed by atoms with Gasteiger partial charge in [-0.1, -0.05) is 48.5 Å². The lowest BCUT2D eigenvalue weighted by atomic mass is 10.0. The Labute approximate surface area is 142 Å². The summed E-state index contributed by atoms with van der Waals surface area (Å²) in [6, 6.07) is 22.1. The standard InChI is InChI=1S/C21H20N2O/c1-15(17-7-4-3-5-8-17)23-21-12-11-20(14-22-21)19-10-6-9-18(13-19)16(2)24/h3-15H,1-2H3,(H,22,23). The van der Waals surface area contributed by atoms with Crippen molar-refractivity contribution in [1.29, 1.82) is 0 Å². The zero-order valence-electron chi connectivity index (χ0n) is 13.9. The summed E-state index contributed by atoms with van der Waals surface area (Å²) in [5, 5.41) is 3.40. The number of nitrogens with zero attached hydrogens (tertiary/aromatic N) is 1. The van der Waals surface area contributed by atoms with Crippen LogP contribution in [0, 0.1) is 0 Å². The van der Waals surface area contributed by atoms with Crippen molar-refractivity contribution in [3.8, 4) is 11.1 Å². The average Bonchev–Trinajstić information content (AvgIpc) is 2.63. The number of anilines is 1. The van der Waals surface area contributed by atoms with E-state index in [0.29, 0.717) is 5.56 Å². The van der Waals surface area contributed by atoms with Crippen molar-refractivity contribution in [3.63, 3.8) is 0 Å². The Hall–Kier alpha value is -2.94.